The van der Waals surface area contributed by atoms with Gasteiger partial charge in [0.2, 0.25) is 0 Å². The summed E-state index contributed by atoms with van der Waals surface area (Å²) >= 11 is 3.27. The van der Waals surface area contributed by atoms with Crippen LogP contribution in [0.3, 0.4) is 0 Å². The molecule has 1 aliphatic heterocycles. The van der Waals surface area contributed by atoms with E-state index in [4.69, 9.17) is 0 Å². The standard InChI is InChI=1S/C17H18FIN2O3S/c1-8-14(17(24)21-6-11(23)7-21)16(25-15(8)9(2)22)20-13-4-3-10(19)5-12(13)18/h3-5,9,11,20,22-23H,6-7H2,1-2H3. The Labute approximate surface area is 162 Å². The van der Waals surface area contributed by atoms with Crippen molar-refractivity contribution >= 4 is 50.5 Å². The maximum atomic E-state index is 14.2. The fraction of sp³-hybridized carbons (Fsp3) is 0.353. The second-order valence-electron chi connectivity index (χ2n) is 6.08. The summed E-state index contributed by atoms with van der Waals surface area (Å²) in [4.78, 5) is 15.0. The third-order valence-corrected chi connectivity index (χ3v) is 6.15. The molecule has 1 aromatic carbocycles. The van der Waals surface area contributed by atoms with E-state index in [0.717, 1.165) is 3.57 Å². The average Bonchev–Trinajstić information content (AvgIpc) is 2.83. The van der Waals surface area contributed by atoms with Crippen LogP contribution in [0.5, 0.6) is 0 Å². The number of hydrogen-bond acceptors (Lipinski definition) is 5. The molecule has 0 spiro atoms. The molecule has 1 aliphatic rings. The van der Waals surface area contributed by atoms with Crippen molar-refractivity contribution in [3.63, 3.8) is 0 Å². The van der Waals surface area contributed by atoms with Gasteiger partial charge in [-0.3, -0.25) is 4.79 Å². The number of halogens is 2. The summed E-state index contributed by atoms with van der Waals surface area (Å²) in [6, 6.07) is 4.80. The zero-order valence-electron chi connectivity index (χ0n) is 13.7. The molecule has 1 amide bonds. The van der Waals surface area contributed by atoms with Gasteiger partial charge in [0.05, 0.1) is 23.5 Å². The van der Waals surface area contributed by atoms with E-state index in [1.165, 1.54) is 17.4 Å². The molecule has 1 fully saturated rings. The van der Waals surface area contributed by atoms with Crippen molar-refractivity contribution in [2.24, 2.45) is 0 Å². The molecule has 0 aliphatic carbocycles. The molecule has 5 nitrogen and oxygen atoms in total. The second-order valence-corrected chi connectivity index (χ2v) is 8.38. The van der Waals surface area contributed by atoms with E-state index in [2.05, 4.69) is 5.32 Å². The van der Waals surface area contributed by atoms with E-state index >= 15 is 0 Å². The smallest absolute Gasteiger partial charge is 0.257 e. The summed E-state index contributed by atoms with van der Waals surface area (Å²) in [5.41, 5.74) is 1.38. The molecule has 0 radical (unpaired) electrons. The third-order valence-electron chi connectivity index (χ3n) is 4.11. The molecule has 0 saturated carbocycles. The van der Waals surface area contributed by atoms with Gasteiger partial charge in [0, 0.05) is 21.5 Å². The van der Waals surface area contributed by atoms with Crippen LogP contribution in [-0.4, -0.2) is 40.2 Å². The van der Waals surface area contributed by atoms with Crippen molar-refractivity contribution in [3.8, 4) is 0 Å². The number of anilines is 2. The molecule has 1 saturated heterocycles. The zero-order chi connectivity index (χ0) is 18.3. The molecule has 134 valence electrons. The fourth-order valence-electron chi connectivity index (χ4n) is 2.77. The normalized spacial score (nSPS) is 15.8. The highest BCUT2D eigenvalue weighted by Gasteiger charge is 2.33. The minimum Gasteiger partial charge on any atom is -0.389 e. The summed E-state index contributed by atoms with van der Waals surface area (Å²) in [5, 5.41) is 22.9. The van der Waals surface area contributed by atoms with Gasteiger partial charge in [-0.15, -0.1) is 11.3 Å². The Hall–Kier alpha value is -1.23. The first-order valence-electron chi connectivity index (χ1n) is 7.78. The molecule has 1 unspecified atom stereocenters. The minimum atomic E-state index is -0.726. The Morgan fingerprint density at radius 3 is 2.72 bits per heavy atom. The first-order valence-corrected chi connectivity index (χ1v) is 9.68. The lowest BCUT2D eigenvalue weighted by Crippen LogP contribution is -2.53. The summed E-state index contributed by atoms with van der Waals surface area (Å²) in [6.07, 6.45) is -1.22. The third kappa shape index (κ3) is 3.67. The first-order chi connectivity index (χ1) is 11.8. The van der Waals surface area contributed by atoms with Crippen LogP contribution in [0.25, 0.3) is 0 Å². The van der Waals surface area contributed by atoms with Gasteiger partial charge in [0.15, 0.2) is 0 Å². The van der Waals surface area contributed by atoms with E-state index in [1.807, 2.05) is 22.6 Å². The van der Waals surface area contributed by atoms with Crippen LogP contribution in [0.15, 0.2) is 18.2 Å². The van der Waals surface area contributed by atoms with Crippen molar-refractivity contribution in [1.82, 2.24) is 4.90 Å². The zero-order valence-corrected chi connectivity index (χ0v) is 16.7. The number of hydrogen-bond donors (Lipinski definition) is 3. The van der Waals surface area contributed by atoms with E-state index in [1.54, 1.807) is 30.9 Å². The first kappa shape index (κ1) is 18.6. The Kier molecular flexibility index (Phi) is 5.33. The topological polar surface area (TPSA) is 72.8 Å². The lowest BCUT2D eigenvalue weighted by molar-refractivity contribution is 0.00593. The van der Waals surface area contributed by atoms with Crippen LogP contribution in [0, 0.1) is 16.3 Å². The molecular formula is C17H18FIN2O3S. The number of benzene rings is 1. The Balaban J connectivity index is 1.99. The number of amides is 1. The summed E-state index contributed by atoms with van der Waals surface area (Å²) in [5.74, 6) is -0.631. The van der Waals surface area contributed by atoms with Gasteiger partial charge in [-0.2, -0.15) is 0 Å². The van der Waals surface area contributed by atoms with Gasteiger partial charge in [0.1, 0.15) is 10.8 Å². The van der Waals surface area contributed by atoms with E-state index in [-0.39, 0.29) is 24.7 Å². The van der Waals surface area contributed by atoms with E-state index in [0.29, 0.717) is 21.0 Å². The number of rotatable bonds is 4. The molecular weight excluding hydrogens is 458 g/mol. The highest BCUT2D eigenvalue weighted by atomic mass is 127. The van der Waals surface area contributed by atoms with E-state index in [9.17, 15) is 19.4 Å². The predicted octanol–water partition coefficient (Wildman–Crippen LogP) is 3.41. The predicted molar refractivity (Wildman–Crippen MR) is 104 cm³/mol. The molecule has 3 rings (SSSR count). The van der Waals surface area contributed by atoms with Crippen molar-refractivity contribution < 1.29 is 19.4 Å². The number of nitrogens with one attached hydrogen (secondary N) is 1. The molecule has 2 heterocycles. The van der Waals surface area contributed by atoms with Gasteiger partial charge >= 0.3 is 0 Å². The number of thiophene rings is 1. The Morgan fingerprint density at radius 1 is 1.48 bits per heavy atom. The van der Waals surface area contributed by atoms with Gasteiger partial charge in [-0.05, 0) is 60.2 Å². The molecule has 1 aromatic heterocycles. The van der Waals surface area contributed by atoms with Crippen LogP contribution in [0.4, 0.5) is 15.1 Å². The fourth-order valence-corrected chi connectivity index (χ4v) is 4.37. The van der Waals surface area contributed by atoms with E-state index < -0.39 is 18.0 Å². The van der Waals surface area contributed by atoms with Crippen LogP contribution >= 0.6 is 33.9 Å². The number of likely N-dealkylation sites (tertiary alicyclic amines) is 1. The van der Waals surface area contributed by atoms with Gasteiger partial charge in [-0.25, -0.2) is 4.39 Å². The lowest BCUT2D eigenvalue weighted by atomic mass is 10.1. The average molecular weight is 476 g/mol. The summed E-state index contributed by atoms with van der Waals surface area (Å²) in [6.45, 7) is 3.98. The molecule has 1 atom stereocenters. The quantitative estimate of drug-likeness (QED) is 0.592. The number of carbonyl (C=O) groups is 1. The Morgan fingerprint density at radius 2 is 2.16 bits per heavy atom. The monoisotopic (exact) mass is 476 g/mol. The molecule has 3 N–H and O–H groups in total. The van der Waals surface area contributed by atoms with Crippen molar-refractivity contribution in [1.29, 1.82) is 0 Å². The van der Waals surface area contributed by atoms with Gasteiger partial charge < -0.3 is 20.4 Å². The van der Waals surface area contributed by atoms with Crippen molar-refractivity contribution in [3.05, 3.63) is 43.6 Å². The molecule has 2 aromatic rings. The maximum Gasteiger partial charge on any atom is 0.257 e. The molecule has 0 bridgehead atoms. The highest BCUT2D eigenvalue weighted by Crippen LogP contribution is 2.40. The van der Waals surface area contributed by atoms with Crippen molar-refractivity contribution in [2.75, 3.05) is 18.4 Å². The number of β-amino-alcohol motifs (C(OH)–C–C–N with tert-alkyl or cyclic N) is 1. The van der Waals surface area contributed by atoms with Crippen LogP contribution in [0.1, 0.15) is 33.8 Å². The number of carbonyl (C=O) groups excluding carboxylic acids is 1. The molecule has 8 heteroatoms. The Bertz CT molecular complexity index is 818. The number of nitrogens with zero attached hydrogens (tertiary/aromatic N) is 1. The second kappa shape index (κ2) is 7.18. The van der Waals surface area contributed by atoms with Crippen molar-refractivity contribution in [2.45, 2.75) is 26.1 Å². The summed E-state index contributed by atoms with van der Waals surface area (Å²) in [7, 11) is 0. The van der Waals surface area contributed by atoms with Gasteiger partial charge in [0.25, 0.3) is 5.91 Å². The number of aliphatic hydroxyl groups excluding tert-OH is 2. The largest absolute Gasteiger partial charge is 0.389 e. The van der Waals surface area contributed by atoms with Crippen LogP contribution < -0.4 is 5.32 Å². The van der Waals surface area contributed by atoms with Gasteiger partial charge in [-0.1, -0.05) is 0 Å². The lowest BCUT2D eigenvalue weighted by Gasteiger charge is -2.36. The van der Waals surface area contributed by atoms with Crippen LogP contribution in [0.2, 0.25) is 0 Å². The maximum absolute atomic E-state index is 14.2. The highest BCUT2D eigenvalue weighted by molar-refractivity contribution is 14.1. The molecule has 25 heavy (non-hydrogen) atoms. The van der Waals surface area contributed by atoms with Crippen LogP contribution in [-0.2, 0) is 0 Å². The minimum absolute atomic E-state index is 0.223. The number of aliphatic hydroxyl groups is 2. The summed E-state index contributed by atoms with van der Waals surface area (Å²) < 4.78 is 15.0. The SMILES string of the molecule is Cc1c(C(C)O)sc(Nc2ccc(I)cc2F)c1C(=O)N1CC(O)C1.